The van der Waals surface area contributed by atoms with Crippen molar-refractivity contribution in [3.8, 4) is 0 Å². The first-order valence-corrected chi connectivity index (χ1v) is 9.46. The van der Waals surface area contributed by atoms with Crippen molar-refractivity contribution in [2.75, 3.05) is 5.43 Å². The molecule has 6 nitrogen and oxygen atoms in total. The molecule has 0 radical (unpaired) electrons. The van der Waals surface area contributed by atoms with Gasteiger partial charge in [-0.3, -0.25) is 24.0 Å². The van der Waals surface area contributed by atoms with Gasteiger partial charge in [0.2, 0.25) is 0 Å². The number of fused-ring (bicyclic) bond motifs is 3. The number of hydrogen-bond acceptors (Lipinski definition) is 3. The summed E-state index contributed by atoms with van der Waals surface area (Å²) in [5, 5.41) is 0.515. The van der Waals surface area contributed by atoms with Gasteiger partial charge in [-0.15, -0.1) is 0 Å². The maximum Gasteiger partial charge on any atom is 0.331 e. The second-order valence-electron chi connectivity index (χ2n) is 7.30. The van der Waals surface area contributed by atoms with Gasteiger partial charge in [-0.1, -0.05) is 60.7 Å². The topological polar surface area (TPSA) is 61.0 Å². The Morgan fingerprint density at radius 3 is 2.21 bits per heavy atom. The first-order valence-electron chi connectivity index (χ1n) is 9.46. The molecule has 5 rings (SSSR count). The Morgan fingerprint density at radius 1 is 0.862 bits per heavy atom. The molecule has 0 saturated carbocycles. The van der Waals surface area contributed by atoms with Crippen LogP contribution in [-0.4, -0.2) is 13.8 Å². The molecule has 1 atom stereocenters. The predicted octanol–water partition coefficient (Wildman–Crippen LogP) is 2.77. The highest BCUT2D eigenvalue weighted by molar-refractivity contribution is 5.86. The van der Waals surface area contributed by atoms with Crippen molar-refractivity contribution in [1.29, 1.82) is 0 Å². The largest absolute Gasteiger partial charge is 0.331 e. The molecule has 0 spiro atoms. The van der Waals surface area contributed by atoms with Crippen molar-refractivity contribution in [1.82, 2.24) is 13.8 Å². The van der Waals surface area contributed by atoms with E-state index in [0.29, 0.717) is 10.9 Å². The summed E-state index contributed by atoms with van der Waals surface area (Å²) in [6, 6.07) is 20.2. The van der Waals surface area contributed by atoms with Crippen LogP contribution in [-0.2, 0) is 14.1 Å². The molecule has 0 fully saturated rings. The Morgan fingerprint density at radius 2 is 1.52 bits per heavy atom. The second kappa shape index (κ2) is 6.38. The van der Waals surface area contributed by atoms with Gasteiger partial charge < -0.3 is 0 Å². The molecular formula is C23H20N4O2. The summed E-state index contributed by atoms with van der Waals surface area (Å²) in [5.74, 6) is -0.108. The van der Waals surface area contributed by atoms with E-state index in [1.54, 1.807) is 17.8 Å². The normalized spacial score (nSPS) is 15.7. The fourth-order valence-electron chi connectivity index (χ4n) is 4.10. The highest BCUT2D eigenvalue weighted by Crippen LogP contribution is 2.36. The first kappa shape index (κ1) is 17.3. The van der Waals surface area contributed by atoms with Crippen LogP contribution < -0.4 is 16.7 Å². The lowest BCUT2D eigenvalue weighted by atomic mass is 9.91. The number of benzene rings is 2. The second-order valence-corrected chi connectivity index (χ2v) is 7.30. The van der Waals surface area contributed by atoms with E-state index in [-0.39, 0.29) is 17.2 Å². The van der Waals surface area contributed by atoms with Crippen LogP contribution >= 0.6 is 0 Å². The third-order valence-electron chi connectivity index (χ3n) is 5.57. The molecule has 4 aromatic rings. The molecule has 1 aliphatic heterocycles. The minimum Gasteiger partial charge on any atom is -0.294 e. The van der Waals surface area contributed by atoms with Crippen molar-refractivity contribution in [3.05, 3.63) is 111 Å². The van der Waals surface area contributed by atoms with Gasteiger partial charge in [-0.05, 0) is 17.2 Å². The van der Waals surface area contributed by atoms with Crippen molar-refractivity contribution in [2.24, 2.45) is 14.1 Å². The number of rotatable bonds is 2. The molecule has 6 heteroatoms. The average Bonchev–Trinajstić information content (AvgIpc) is 3.16. The van der Waals surface area contributed by atoms with Crippen LogP contribution in [0.3, 0.4) is 0 Å². The number of nitrogens with zero attached hydrogens (tertiary/aromatic N) is 3. The summed E-state index contributed by atoms with van der Waals surface area (Å²) in [6.45, 7) is 0. The van der Waals surface area contributed by atoms with E-state index < -0.39 is 0 Å². The van der Waals surface area contributed by atoms with Gasteiger partial charge in [-0.25, -0.2) is 4.79 Å². The van der Waals surface area contributed by atoms with E-state index in [0.717, 1.165) is 27.1 Å². The number of aromatic nitrogens is 3. The Bertz CT molecular complexity index is 1380. The van der Waals surface area contributed by atoms with Gasteiger partial charge in [0.1, 0.15) is 0 Å². The smallest absolute Gasteiger partial charge is 0.294 e. The Kier molecular flexibility index (Phi) is 3.81. The molecule has 144 valence electrons. The third-order valence-corrected chi connectivity index (χ3v) is 5.57. The predicted molar refractivity (Wildman–Crippen MR) is 114 cm³/mol. The number of aryl methyl sites for hydroxylation is 1. The molecule has 1 unspecified atom stereocenters. The van der Waals surface area contributed by atoms with E-state index in [4.69, 9.17) is 0 Å². The Balaban J connectivity index is 1.84. The van der Waals surface area contributed by atoms with Gasteiger partial charge >= 0.3 is 5.69 Å². The molecule has 0 bridgehead atoms. The Hall–Kier alpha value is -3.80. The zero-order chi connectivity index (χ0) is 20.1. The van der Waals surface area contributed by atoms with Crippen molar-refractivity contribution < 1.29 is 0 Å². The molecule has 2 aromatic heterocycles. The van der Waals surface area contributed by atoms with Gasteiger partial charge in [-0.2, -0.15) is 0 Å². The minimum atomic E-state index is -0.332. The van der Waals surface area contributed by atoms with E-state index in [9.17, 15) is 9.59 Å². The number of nitrogens with one attached hydrogen (secondary N) is 1. The SMILES string of the molecule is Cn1c(=O)c2cn3c(c2n(C)c1=O)C(c1ccccc1)C=C(c1ccccc1)N3. The molecule has 2 aromatic carbocycles. The van der Waals surface area contributed by atoms with Gasteiger partial charge in [0.25, 0.3) is 5.56 Å². The van der Waals surface area contributed by atoms with E-state index in [1.165, 1.54) is 7.05 Å². The van der Waals surface area contributed by atoms with Gasteiger partial charge in [0.15, 0.2) is 0 Å². The lowest BCUT2D eigenvalue weighted by Crippen LogP contribution is -2.36. The van der Waals surface area contributed by atoms with Crippen molar-refractivity contribution in [3.63, 3.8) is 0 Å². The molecule has 1 N–H and O–H groups in total. The zero-order valence-electron chi connectivity index (χ0n) is 16.2. The van der Waals surface area contributed by atoms with E-state index >= 15 is 0 Å². The number of hydrogen-bond donors (Lipinski definition) is 1. The van der Waals surface area contributed by atoms with Crippen LogP contribution in [0.2, 0.25) is 0 Å². The number of allylic oxidation sites excluding steroid dienone is 1. The van der Waals surface area contributed by atoms with Crippen molar-refractivity contribution in [2.45, 2.75) is 5.92 Å². The lowest BCUT2D eigenvalue weighted by molar-refractivity contribution is 0.709. The highest BCUT2D eigenvalue weighted by Gasteiger charge is 2.28. The lowest BCUT2D eigenvalue weighted by Gasteiger charge is -2.27. The van der Waals surface area contributed by atoms with Crippen LogP contribution in [0.5, 0.6) is 0 Å². The highest BCUT2D eigenvalue weighted by atomic mass is 16.2. The quantitative estimate of drug-likeness (QED) is 0.578. The molecule has 1 aliphatic rings. The third kappa shape index (κ3) is 2.56. The molecule has 0 amide bonds. The van der Waals surface area contributed by atoms with E-state index in [2.05, 4.69) is 23.6 Å². The summed E-state index contributed by atoms with van der Waals surface area (Å²) in [6.07, 6.45) is 3.94. The fourth-order valence-corrected chi connectivity index (χ4v) is 4.10. The zero-order valence-corrected chi connectivity index (χ0v) is 16.2. The molecule has 0 aliphatic carbocycles. The van der Waals surface area contributed by atoms with Crippen LogP contribution in [0, 0.1) is 0 Å². The van der Waals surface area contributed by atoms with Gasteiger partial charge in [0.05, 0.1) is 22.3 Å². The summed E-state index contributed by atoms with van der Waals surface area (Å²) in [4.78, 5) is 25.4. The van der Waals surface area contributed by atoms with Crippen molar-refractivity contribution >= 4 is 16.6 Å². The fraction of sp³-hybridized carbons (Fsp3) is 0.130. The molecular weight excluding hydrogens is 364 g/mol. The summed E-state index contributed by atoms with van der Waals surface area (Å²) < 4.78 is 4.59. The molecule has 29 heavy (non-hydrogen) atoms. The van der Waals surface area contributed by atoms with Crippen LogP contribution in [0.4, 0.5) is 0 Å². The van der Waals surface area contributed by atoms with Crippen LogP contribution in [0.25, 0.3) is 16.6 Å². The van der Waals surface area contributed by atoms with Crippen LogP contribution in [0.1, 0.15) is 22.7 Å². The Labute approximate surface area is 166 Å². The summed E-state index contributed by atoms with van der Waals surface area (Å²) in [5.41, 5.74) is 7.42. The van der Waals surface area contributed by atoms with E-state index in [1.807, 2.05) is 53.2 Å². The van der Waals surface area contributed by atoms with Crippen LogP contribution in [0.15, 0.2) is 82.5 Å². The average molecular weight is 384 g/mol. The summed E-state index contributed by atoms with van der Waals surface area (Å²) >= 11 is 0. The molecule has 0 saturated heterocycles. The monoisotopic (exact) mass is 384 g/mol. The standard InChI is InChI=1S/C23H20N4O2/c1-25-20-18(22(28)26(2)23(25)29)14-27-21(20)17(15-9-5-3-6-10-15)13-19(24-27)16-11-7-4-8-12-16/h3-14,17,24H,1-2H3. The maximum atomic E-state index is 12.8. The summed E-state index contributed by atoms with van der Waals surface area (Å²) in [7, 11) is 3.22. The molecule has 3 heterocycles. The minimum absolute atomic E-state index is 0.108. The maximum absolute atomic E-state index is 12.8. The first-order chi connectivity index (χ1) is 14.1. The van der Waals surface area contributed by atoms with Gasteiger partial charge in [0, 0.05) is 26.2 Å².